The van der Waals surface area contributed by atoms with E-state index in [1.807, 2.05) is 0 Å². The Balaban J connectivity index is 3.27. The van der Waals surface area contributed by atoms with Crippen molar-refractivity contribution in [2.75, 3.05) is 14.2 Å². The lowest BCUT2D eigenvalue weighted by Gasteiger charge is -2.05. The van der Waals surface area contributed by atoms with Crippen LogP contribution in [0.25, 0.3) is 0 Å². The highest BCUT2D eigenvalue weighted by molar-refractivity contribution is 5.54. The number of nitrogens with zero attached hydrogens (tertiary/aromatic N) is 1. The van der Waals surface area contributed by atoms with Gasteiger partial charge in [-0.1, -0.05) is 0 Å². The van der Waals surface area contributed by atoms with Crippen LogP contribution < -0.4 is 9.47 Å². The lowest BCUT2D eigenvalue weighted by atomic mass is 10.3. The fourth-order valence-electron chi connectivity index (χ4n) is 0.948. The maximum Gasteiger partial charge on any atom is 0.322 e. The third-order valence-electron chi connectivity index (χ3n) is 1.50. The topological polar surface area (TPSA) is 61.6 Å². The minimum Gasteiger partial charge on any atom is -0.493 e. The van der Waals surface area contributed by atoms with Gasteiger partial charge in [-0.3, -0.25) is 10.1 Å². The number of nitro groups is 1. The number of hydrogen-bond donors (Lipinski definition) is 0. The molecule has 0 bridgehead atoms. The molecule has 0 atom stereocenters. The van der Waals surface area contributed by atoms with E-state index in [1.165, 1.54) is 20.3 Å². The van der Waals surface area contributed by atoms with Crippen molar-refractivity contribution in [1.82, 2.24) is 0 Å². The van der Waals surface area contributed by atoms with E-state index in [4.69, 9.17) is 9.47 Å². The largest absolute Gasteiger partial charge is 0.493 e. The second-order valence-corrected chi connectivity index (χ2v) is 2.19. The molecule has 0 heterocycles. The van der Waals surface area contributed by atoms with Crippen LogP contribution in [0.3, 0.4) is 0 Å². The van der Waals surface area contributed by atoms with E-state index < -0.39 is 4.92 Å². The summed E-state index contributed by atoms with van der Waals surface area (Å²) in [5, 5.41) is 10.5. The van der Waals surface area contributed by atoms with E-state index in [1.54, 1.807) is 6.07 Å². The minimum atomic E-state index is -0.568. The molecule has 0 aliphatic rings. The summed E-state index contributed by atoms with van der Waals surface area (Å²) in [6.45, 7) is 0. The molecule has 0 aromatic heterocycles. The van der Waals surface area contributed by atoms with Gasteiger partial charge in [-0.2, -0.15) is 0 Å². The van der Waals surface area contributed by atoms with Crippen LogP contribution in [0.5, 0.6) is 11.5 Å². The molecule has 1 rings (SSSR count). The number of nitro benzene ring substituents is 1. The van der Waals surface area contributed by atoms with Crippen LogP contribution in [-0.4, -0.2) is 19.1 Å². The van der Waals surface area contributed by atoms with Crippen molar-refractivity contribution < 1.29 is 14.4 Å². The molecule has 13 heavy (non-hydrogen) atoms. The Kier molecular flexibility index (Phi) is 2.69. The van der Waals surface area contributed by atoms with Crippen LogP contribution in [0.15, 0.2) is 12.1 Å². The maximum atomic E-state index is 10.5. The van der Waals surface area contributed by atoms with Crippen molar-refractivity contribution >= 4 is 5.69 Å². The summed E-state index contributed by atoms with van der Waals surface area (Å²) < 4.78 is 9.71. The molecule has 0 spiro atoms. The number of benzene rings is 1. The minimum absolute atomic E-state index is 0.0926. The molecule has 0 saturated heterocycles. The zero-order valence-corrected chi connectivity index (χ0v) is 7.23. The highest BCUT2D eigenvalue weighted by Gasteiger charge is 2.18. The molecule has 0 unspecified atom stereocenters. The monoisotopic (exact) mass is 182 g/mol. The van der Waals surface area contributed by atoms with Gasteiger partial charge in [0.2, 0.25) is 5.75 Å². The summed E-state index contributed by atoms with van der Waals surface area (Å²) in [7, 11) is 2.76. The normalized spacial score (nSPS) is 9.38. The van der Waals surface area contributed by atoms with Crippen molar-refractivity contribution in [3.63, 3.8) is 0 Å². The Morgan fingerprint density at radius 1 is 1.46 bits per heavy atom. The predicted octanol–water partition coefficient (Wildman–Crippen LogP) is 1.41. The van der Waals surface area contributed by atoms with Crippen LogP contribution in [0.1, 0.15) is 0 Å². The van der Waals surface area contributed by atoms with E-state index in [0.717, 1.165) is 0 Å². The third kappa shape index (κ3) is 1.69. The zero-order chi connectivity index (χ0) is 9.84. The van der Waals surface area contributed by atoms with Crippen molar-refractivity contribution in [2.24, 2.45) is 0 Å². The number of hydrogen-bond acceptors (Lipinski definition) is 4. The molecule has 5 heteroatoms. The van der Waals surface area contributed by atoms with Crippen LogP contribution in [0.4, 0.5) is 5.69 Å². The molecule has 0 N–H and O–H groups in total. The van der Waals surface area contributed by atoms with Gasteiger partial charge in [-0.25, -0.2) is 0 Å². The molecule has 1 aromatic rings. The average Bonchev–Trinajstić information content (AvgIpc) is 2.16. The third-order valence-corrected chi connectivity index (χ3v) is 1.50. The summed E-state index contributed by atoms with van der Waals surface area (Å²) in [6.07, 6.45) is 0. The van der Waals surface area contributed by atoms with E-state index >= 15 is 0 Å². The van der Waals surface area contributed by atoms with Gasteiger partial charge in [-0.15, -0.1) is 0 Å². The van der Waals surface area contributed by atoms with Gasteiger partial charge in [0, 0.05) is 0 Å². The molecule has 0 aliphatic heterocycles. The Morgan fingerprint density at radius 2 is 2.15 bits per heavy atom. The Morgan fingerprint density at radius 3 is 2.62 bits per heavy atom. The lowest BCUT2D eigenvalue weighted by Crippen LogP contribution is -1.96. The molecule has 0 amide bonds. The smallest absolute Gasteiger partial charge is 0.322 e. The van der Waals surface area contributed by atoms with Gasteiger partial charge in [0.15, 0.2) is 5.75 Å². The SMILES string of the molecule is COc1cc[c]c([N+](=O)[O-])c1OC. The molecule has 1 radical (unpaired) electrons. The standard InChI is InChI=1S/C8H8NO4/c1-12-7-5-3-4-6(9(10)11)8(7)13-2/h3,5H,1-2H3. The summed E-state index contributed by atoms with van der Waals surface area (Å²) in [4.78, 5) is 9.92. The highest BCUT2D eigenvalue weighted by atomic mass is 16.6. The van der Waals surface area contributed by atoms with Crippen molar-refractivity contribution in [2.45, 2.75) is 0 Å². The molecular weight excluding hydrogens is 174 g/mol. The first-order valence-corrected chi connectivity index (χ1v) is 3.47. The van der Waals surface area contributed by atoms with Gasteiger partial charge in [0.25, 0.3) is 0 Å². The van der Waals surface area contributed by atoms with Crippen LogP contribution in [0, 0.1) is 16.2 Å². The Bertz CT molecular complexity index is 324. The van der Waals surface area contributed by atoms with Gasteiger partial charge in [0.05, 0.1) is 25.2 Å². The van der Waals surface area contributed by atoms with Crippen molar-refractivity contribution in [1.29, 1.82) is 0 Å². The Labute approximate surface area is 75.0 Å². The number of methoxy groups -OCH3 is 2. The molecule has 0 fully saturated rings. The van der Waals surface area contributed by atoms with Crippen LogP contribution in [0.2, 0.25) is 0 Å². The lowest BCUT2D eigenvalue weighted by molar-refractivity contribution is -0.386. The molecule has 0 aliphatic carbocycles. The molecular formula is C8H8NO4. The summed E-state index contributed by atoms with van der Waals surface area (Å²) >= 11 is 0. The second-order valence-electron chi connectivity index (χ2n) is 2.19. The van der Waals surface area contributed by atoms with E-state index in [2.05, 4.69) is 6.07 Å². The summed E-state index contributed by atoms with van der Waals surface area (Å²) in [5.74, 6) is 0.419. The number of ether oxygens (including phenoxy) is 2. The highest BCUT2D eigenvalue weighted by Crippen LogP contribution is 2.35. The van der Waals surface area contributed by atoms with Crippen LogP contribution in [-0.2, 0) is 0 Å². The van der Waals surface area contributed by atoms with E-state index in [0.29, 0.717) is 5.75 Å². The first-order valence-electron chi connectivity index (χ1n) is 3.47. The van der Waals surface area contributed by atoms with E-state index in [-0.39, 0.29) is 11.4 Å². The first kappa shape index (κ1) is 9.31. The number of rotatable bonds is 3. The summed E-state index contributed by atoms with van der Waals surface area (Å²) in [5.41, 5.74) is -0.221. The van der Waals surface area contributed by atoms with Gasteiger partial charge in [0.1, 0.15) is 0 Å². The quantitative estimate of drug-likeness (QED) is 0.523. The summed E-state index contributed by atoms with van der Waals surface area (Å²) in [6, 6.07) is 5.42. The predicted molar refractivity (Wildman–Crippen MR) is 45.0 cm³/mol. The van der Waals surface area contributed by atoms with Crippen molar-refractivity contribution in [3.8, 4) is 11.5 Å². The fraction of sp³-hybridized carbons (Fsp3) is 0.250. The average molecular weight is 182 g/mol. The maximum absolute atomic E-state index is 10.5. The zero-order valence-electron chi connectivity index (χ0n) is 7.23. The molecule has 5 nitrogen and oxygen atoms in total. The van der Waals surface area contributed by atoms with Crippen molar-refractivity contribution in [3.05, 3.63) is 28.3 Å². The van der Waals surface area contributed by atoms with Crippen LogP contribution >= 0.6 is 0 Å². The molecule has 1 aromatic carbocycles. The molecule has 69 valence electrons. The van der Waals surface area contributed by atoms with Gasteiger partial charge in [-0.05, 0) is 12.1 Å². The van der Waals surface area contributed by atoms with Gasteiger partial charge < -0.3 is 9.47 Å². The van der Waals surface area contributed by atoms with E-state index in [9.17, 15) is 10.1 Å². The van der Waals surface area contributed by atoms with Gasteiger partial charge >= 0.3 is 5.69 Å². The Hall–Kier alpha value is -1.78. The second kappa shape index (κ2) is 3.75. The first-order chi connectivity index (χ1) is 6.20. The fourth-order valence-corrected chi connectivity index (χ4v) is 0.948. The molecule has 0 saturated carbocycles.